The van der Waals surface area contributed by atoms with E-state index in [9.17, 15) is 25.2 Å². The van der Waals surface area contributed by atoms with Crippen LogP contribution in [-0.4, -0.2) is 20.4 Å². The Balaban J connectivity index is 2.37. The Morgan fingerprint density at radius 3 is 2.19 bits per heavy atom. The maximum atomic E-state index is 12.1. The molecule has 0 atom stereocenters. The first-order valence-electron chi connectivity index (χ1n) is 5.99. The van der Waals surface area contributed by atoms with Gasteiger partial charge in [-0.1, -0.05) is 6.07 Å². The molecule has 21 heavy (non-hydrogen) atoms. The van der Waals surface area contributed by atoms with Gasteiger partial charge in [0.2, 0.25) is 0 Å². The first-order valence-corrected chi connectivity index (χ1v) is 5.99. The van der Waals surface area contributed by atoms with Crippen molar-refractivity contribution in [2.45, 2.75) is 0 Å². The number of benzene rings is 2. The van der Waals surface area contributed by atoms with Gasteiger partial charge in [0, 0.05) is 6.07 Å². The summed E-state index contributed by atoms with van der Waals surface area (Å²) < 4.78 is 5.44. The Hall–Kier alpha value is -3.15. The average Bonchev–Trinajstić information content (AvgIpc) is 2.42. The van der Waals surface area contributed by atoms with E-state index >= 15 is 0 Å². The first kappa shape index (κ1) is 12.9. The fourth-order valence-electron chi connectivity index (χ4n) is 2.13. The number of phenols is 4. The van der Waals surface area contributed by atoms with Crippen molar-refractivity contribution in [3.05, 3.63) is 46.6 Å². The van der Waals surface area contributed by atoms with Crippen molar-refractivity contribution in [1.82, 2.24) is 0 Å². The third-order valence-electron chi connectivity index (χ3n) is 3.11. The van der Waals surface area contributed by atoms with Crippen LogP contribution in [0.15, 0.2) is 45.6 Å². The molecule has 6 nitrogen and oxygen atoms in total. The molecule has 4 N–H and O–H groups in total. The maximum absolute atomic E-state index is 12.1. The van der Waals surface area contributed by atoms with E-state index < -0.39 is 16.9 Å². The molecule has 0 aliphatic heterocycles. The first-order chi connectivity index (χ1) is 9.99. The average molecular weight is 286 g/mol. The van der Waals surface area contributed by atoms with Gasteiger partial charge in [0.05, 0.1) is 0 Å². The van der Waals surface area contributed by atoms with E-state index in [0.717, 1.165) is 6.07 Å². The molecule has 106 valence electrons. The van der Waals surface area contributed by atoms with Crippen molar-refractivity contribution in [1.29, 1.82) is 0 Å². The third kappa shape index (κ3) is 1.93. The summed E-state index contributed by atoms with van der Waals surface area (Å²) in [5.74, 6) is -1.56. The van der Waals surface area contributed by atoms with Crippen LogP contribution in [0.4, 0.5) is 0 Å². The molecule has 0 aliphatic rings. The molecule has 0 bridgehead atoms. The number of phenolic OH excluding ortho intramolecular Hbond substituents is 4. The van der Waals surface area contributed by atoms with Crippen LogP contribution in [0, 0.1) is 0 Å². The van der Waals surface area contributed by atoms with Gasteiger partial charge in [-0.2, -0.15) is 0 Å². The van der Waals surface area contributed by atoms with E-state index in [1.807, 2.05) is 0 Å². The summed E-state index contributed by atoms with van der Waals surface area (Å²) in [4.78, 5) is 12.1. The van der Waals surface area contributed by atoms with Crippen LogP contribution in [0.5, 0.6) is 23.0 Å². The van der Waals surface area contributed by atoms with Crippen molar-refractivity contribution in [2.75, 3.05) is 0 Å². The number of hydrogen-bond donors (Lipinski definition) is 4. The molecule has 0 saturated carbocycles. The molecular weight excluding hydrogens is 276 g/mol. The molecule has 0 aliphatic carbocycles. The highest BCUT2D eigenvalue weighted by Crippen LogP contribution is 2.39. The Bertz CT molecular complexity index is 890. The van der Waals surface area contributed by atoms with Crippen LogP contribution in [0.3, 0.4) is 0 Å². The Kier molecular flexibility index (Phi) is 2.72. The van der Waals surface area contributed by atoms with Gasteiger partial charge in [0.25, 0.3) is 0 Å². The molecule has 0 radical (unpaired) electrons. The molecule has 3 aromatic rings. The molecule has 0 spiro atoms. The molecule has 3 rings (SSSR count). The zero-order valence-corrected chi connectivity index (χ0v) is 10.6. The van der Waals surface area contributed by atoms with Gasteiger partial charge in [-0.15, -0.1) is 0 Å². The van der Waals surface area contributed by atoms with Crippen molar-refractivity contribution >= 4 is 11.0 Å². The molecule has 1 aromatic heterocycles. The van der Waals surface area contributed by atoms with Gasteiger partial charge in [-0.3, -0.25) is 4.79 Å². The monoisotopic (exact) mass is 286 g/mol. The van der Waals surface area contributed by atoms with Crippen LogP contribution in [0.2, 0.25) is 0 Å². The van der Waals surface area contributed by atoms with Gasteiger partial charge < -0.3 is 24.8 Å². The van der Waals surface area contributed by atoms with Crippen LogP contribution in [0.1, 0.15) is 0 Å². The van der Waals surface area contributed by atoms with Gasteiger partial charge in [0.15, 0.2) is 16.9 Å². The van der Waals surface area contributed by atoms with Crippen LogP contribution >= 0.6 is 0 Å². The highest BCUT2D eigenvalue weighted by molar-refractivity contribution is 5.87. The van der Waals surface area contributed by atoms with Crippen LogP contribution in [0.25, 0.3) is 22.3 Å². The van der Waals surface area contributed by atoms with Crippen LogP contribution in [-0.2, 0) is 0 Å². The second kappa shape index (κ2) is 4.45. The standard InChI is InChI=1S/C15H10O6/c16-7-2-1-3-8(17)13(7)12-6-10(19)14-11(21-12)5-4-9(18)15(14)20/h1-6,16-18,20H. The topological polar surface area (TPSA) is 111 Å². The molecule has 0 saturated heterocycles. The predicted octanol–water partition coefficient (Wildman–Crippen LogP) is 2.28. The number of rotatable bonds is 1. The van der Waals surface area contributed by atoms with Crippen LogP contribution < -0.4 is 5.43 Å². The van der Waals surface area contributed by atoms with Crippen molar-refractivity contribution in [3.8, 4) is 34.3 Å². The van der Waals surface area contributed by atoms with Crippen molar-refractivity contribution in [2.24, 2.45) is 0 Å². The zero-order chi connectivity index (χ0) is 15.1. The fourth-order valence-corrected chi connectivity index (χ4v) is 2.13. The normalized spacial score (nSPS) is 10.9. The largest absolute Gasteiger partial charge is 0.507 e. The van der Waals surface area contributed by atoms with Crippen molar-refractivity contribution in [3.63, 3.8) is 0 Å². The van der Waals surface area contributed by atoms with E-state index in [0.29, 0.717) is 0 Å². The predicted molar refractivity (Wildman–Crippen MR) is 74.6 cm³/mol. The highest BCUT2D eigenvalue weighted by atomic mass is 16.3. The molecule has 0 unspecified atom stereocenters. The summed E-state index contributed by atoms with van der Waals surface area (Å²) in [6, 6.07) is 7.63. The quantitative estimate of drug-likeness (QED) is 0.511. The zero-order valence-electron chi connectivity index (χ0n) is 10.6. The summed E-state index contributed by atoms with van der Waals surface area (Å²) in [6.07, 6.45) is 0. The van der Waals surface area contributed by atoms with Crippen molar-refractivity contribution < 1.29 is 24.8 Å². The molecule has 1 heterocycles. The van der Waals surface area contributed by atoms with E-state index in [2.05, 4.69) is 0 Å². The van der Waals surface area contributed by atoms with Gasteiger partial charge in [-0.25, -0.2) is 0 Å². The second-order valence-corrected chi connectivity index (χ2v) is 4.45. The summed E-state index contributed by atoms with van der Waals surface area (Å²) in [7, 11) is 0. The fraction of sp³-hybridized carbons (Fsp3) is 0. The minimum atomic E-state index is -0.609. The molecule has 0 fully saturated rings. The van der Waals surface area contributed by atoms with Gasteiger partial charge >= 0.3 is 0 Å². The van der Waals surface area contributed by atoms with E-state index in [1.54, 1.807) is 0 Å². The van der Waals surface area contributed by atoms with E-state index in [1.165, 1.54) is 30.3 Å². The number of fused-ring (bicyclic) bond motifs is 1. The smallest absolute Gasteiger partial charge is 0.197 e. The summed E-state index contributed by atoms with van der Waals surface area (Å²) in [6.45, 7) is 0. The highest BCUT2D eigenvalue weighted by Gasteiger charge is 2.17. The lowest BCUT2D eigenvalue weighted by Crippen LogP contribution is -2.01. The molecule has 2 aromatic carbocycles. The Labute approximate surface area is 117 Å². The lowest BCUT2D eigenvalue weighted by Gasteiger charge is -2.08. The third-order valence-corrected chi connectivity index (χ3v) is 3.11. The minimum Gasteiger partial charge on any atom is -0.507 e. The van der Waals surface area contributed by atoms with Gasteiger partial charge in [-0.05, 0) is 24.3 Å². The lowest BCUT2D eigenvalue weighted by atomic mass is 10.1. The SMILES string of the molecule is O=c1cc(-c2c(O)cccc2O)oc2ccc(O)c(O)c12. The summed E-state index contributed by atoms with van der Waals surface area (Å²) >= 11 is 0. The molecular formula is C15H10O6. The maximum Gasteiger partial charge on any atom is 0.197 e. The van der Waals surface area contributed by atoms with E-state index in [4.69, 9.17) is 4.42 Å². The van der Waals surface area contributed by atoms with Gasteiger partial charge in [0.1, 0.15) is 33.8 Å². The minimum absolute atomic E-state index is 0.0236. The van der Waals surface area contributed by atoms with E-state index in [-0.39, 0.29) is 33.8 Å². The Morgan fingerprint density at radius 2 is 1.52 bits per heavy atom. The number of hydrogen-bond acceptors (Lipinski definition) is 6. The molecule has 6 heteroatoms. The summed E-state index contributed by atoms with van der Waals surface area (Å²) in [5, 5.41) is 38.5. The molecule has 0 amide bonds. The lowest BCUT2D eigenvalue weighted by molar-refractivity contribution is 0.407. The summed E-state index contributed by atoms with van der Waals surface area (Å²) in [5.41, 5.74) is -0.609. The second-order valence-electron chi connectivity index (χ2n) is 4.45. The Morgan fingerprint density at radius 1 is 0.857 bits per heavy atom. The number of aromatic hydroxyl groups is 4.